The van der Waals surface area contributed by atoms with Gasteiger partial charge in [-0.25, -0.2) is 0 Å². The summed E-state index contributed by atoms with van der Waals surface area (Å²) in [5, 5.41) is 15.4. The fraction of sp³-hybridized carbons (Fsp3) is 0.154. The molecule has 2 rings (SSSR count). The van der Waals surface area contributed by atoms with Crippen LogP contribution in [0.1, 0.15) is 12.5 Å². The molecule has 0 aliphatic carbocycles. The van der Waals surface area contributed by atoms with Crippen LogP contribution in [0.25, 0.3) is 0 Å². The van der Waals surface area contributed by atoms with E-state index in [0.717, 1.165) is 17.8 Å². The number of hydrogen-bond acceptors (Lipinski definition) is 5. The standard InChI is InChI=1S/C13H14ClN5/c1-2-15-11-8-12(14)17-19-13(11)18-16-9-10-6-4-3-5-7-10/h3-9H,2H2,1H3,(H,15,17)(H,18,19). The Hall–Kier alpha value is -2.14. The molecule has 2 N–H and O–H groups in total. The number of hydrogen-bond donors (Lipinski definition) is 2. The minimum atomic E-state index is 0.341. The summed E-state index contributed by atoms with van der Waals surface area (Å²) in [6, 6.07) is 11.5. The summed E-state index contributed by atoms with van der Waals surface area (Å²) in [5.41, 5.74) is 4.62. The molecular weight excluding hydrogens is 262 g/mol. The molecular formula is C13H14ClN5. The maximum atomic E-state index is 5.80. The molecule has 5 nitrogen and oxygen atoms in total. The molecule has 0 fully saturated rings. The molecule has 98 valence electrons. The van der Waals surface area contributed by atoms with Gasteiger partial charge in [-0.3, -0.25) is 5.43 Å². The zero-order valence-electron chi connectivity index (χ0n) is 10.5. The Morgan fingerprint density at radius 2 is 2.05 bits per heavy atom. The lowest BCUT2D eigenvalue weighted by Crippen LogP contribution is -2.04. The first-order chi connectivity index (χ1) is 9.29. The molecule has 0 atom stereocenters. The topological polar surface area (TPSA) is 62.2 Å². The molecule has 0 amide bonds. The highest BCUT2D eigenvalue weighted by Gasteiger charge is 2.04. The van der Waals surface area contributed by atoms with Gasteiger partial charge >= 0.3 is 0 Å². The van der Waals surface area contributed by atoms with Gasteiger partial charge in [-0.05, 0) is 12.5 Å². The van der Waals surface area contributed by atoms with Gasteiger partial charge in [0, 0.05) is 12.6 Å². The quantitative estimate of drug-likeness (QED) is 0.650. The molecule has 1 aromatic carbocycles. The average Bonchev–Trinajstić information content (AvgIpc) is 2.43. The molecule has 0 unspecified atom stereocenters. The van der Waals surface area contributed by atoms with Crippen LogP contribution in [-0.2, 0) is 0 Å². The van der Waals surface area contributed by atoms with Crippen molar-refractivity contribution in [2.75, 3.05) is 17.3 Å². The molecule has 6 heteroatoms. The van der Waals surface area contributed by atoms with Crippen molar-refractivity contribution in [1.82, 2.24) is 10.2 Å². The minimum Gasteiger partial charge on any atom is -0.382 e. The van der Waals surface area contributed by atoms with Crippen molar-refractivity contribution in [1.29, 1.82) is 0 Å². The summed E-state index contributed by atoms with van der Waals surface area (Å²) in [4.78, 5) is 0. The fourth-order valence-corrected chi connectivity index (χ4v) is 1.63. The van der Waals surface area contributed by atoms with Crippen molar-refractivity contribution in [3.05, 3.63) is 47.1 Å². The fourth-order valence-electron chi connectivity index (χ4n) is 1.48. The summed E-state index contributed by atoms with van der Waals surface area (Å²) in [6.45, 7) is 2.75. The number of nitrogens with zero attached hydrogens (tertiary/aromatic N) is 3. The first kappa shape index (κ1) is 13.3. The summed E-state index contributed by atoms with van der Waals surface area (Å²) >= 11 is 5.80. The highest BCUT2D eigenvalue weighted by Crippen LogP contribution is 2.20. The highest BCUT2D eigenvalue weighted by molar-refractivity contribution is 6.29. The maximum absolute atomic E-state index is 5.80. The molecule has 0 bridgehead atoms. The lowest BCUT2D eigenvalue weighted by atomic mass is 10.2. The first-order valence-corrected chi connectivity index (χ1v) is 6.28. The molecule has 0 saturated heterocycles. The Morgan fingerprint density at radius 1 is 1.26 bits per heavy atom. The Morgan fingerprint density at radius 3 is 2.79 bits per heavy atom. The van der Waals surface area contributed by atoms with E-state index < -0.39 is 0 Å². The smallest absolute Gasteiger partial charge is 0.192 e. The molecule has 0 saturated carbocycles. The van der Waals surface area contributed by atoms with Gasteiger partial charge < -0.3 is 5.32 Å². The van der Waals surface area contributed by atoms with E-state index in [-0.39, 0.29) is 0 Å². The second-order valence-electron chi connectivity index (χ2n) is 3.74. The van der Waals surface area contributed by atoms with Crippen LogP contribution in [0.2, 0.25) is 5.15 Å². The van der Waals surface area contributed by atoms with Crippen LogP contribution in [0, 0.1) is 0 Å². The number of hydrazone groups is 1. The number of nitrogens with one attached hydrogen (secondary N) is 2. The van der Waals surface area contributed by atoms with E-state index >= 15 is 0 Å². The third-order valence-corrected chi connectivity index (χ3v) is 2.50. The van der Waals surface area contributed by atoms with Gasteiger partial charge in [0.25, 0.3) is 0 Å². The van der Waals surface area contributed by atoms with Crippen LogP contribution < -0.4 is 10.7 Å². The van der Waals surface area contributed by atoms with Gasteiger partial charge in [-0.1, -0.05) is 41.9 Å². The Bertz CT molecular complexity index is 556. The summed E-state index contributed by atoms with van der Waals surface area (Å²) in [5.74, 6) is 0.540. The highest BCUT2D eigenvalue weighted by atomic mass is 35.5. The average molecular weight is 276 g/mol. The molecule has 0 spiro atoms. The molecule has 0 aliphatic heterocycles. The normalized spacial score (nSPS) is 10.6. The molecule has 2 aromatic rings. The van der Waals surface area contributed by atoms with Crippen LogP contribution in [0.3, 0.4) is 0 Å². The zero-order valence-corrected chi connectivity index (χ0v) is 11.2. The number of aromatic nitrogens is 2. The predicted octanol–water partition coefficient (Wildman–Crippen LogP) is 3.01. The molecule has 1 aromatic heterocycles. The number of rotatable bonds is 5. The Kier molecular flexibility index (Phi) is 4.69. The first-order valence-electron chi connectivity index (χ1n) is 5.91. The van der Waals surface area contributed by atoms with Crippen LogP contribution in [0.5, 0.6) is 0 Å². The molecule has 1 heterocycles. The second kappa shape index (κ2) is 6.70. The summed E-state index contributed by atoms with van der Waals surface area (Å²) in [6.07, 6.45) is 1.71. The van der Waals surface area contributed by atoms with Crippen molar-refractivity contribution >= 4 is 29.3 Å². The van der Waals surface area contributed by atoms with Gasteiger partial charge in [0.2, 0.25) is 0 Å². The maximum Gasteiger partial charge on any atom is 0.192 e. The number of halogens is 1. The van der Waals surface area contributed by atoms with Crippen molar-refractivity contribution in [2.45, 2.75) is 6.92 Å². The monoisotopic (exact) mass is 275 g/mol. The second-order valence-corrected chi connectivity index (χ2v) is 4.13. The molecule has 0 radical (unpaired) electrons. The van der Waals surface area contributed by atoms with Gasteiger partial charge in [-0.15, -0.1) is 10.2 Å². The van der Waals surface area contributed by atoms with E-state index in [2.05, 4.69) is 26.0 Å². The summed E-state index contributed by atoms with van der Waals surface area (Å²) < 4.78 is 0. The van der Waals surface area contributed by atoms with E-state index in [9.17, 15) is 0 Å². The molecule has 0 aliphatic rings. The van der Waals surface area contributed by atoms with E-state index in [4.69, 9.17) is 11.6 Å². The SMILES string of the molecule is CCNc1cc(Cl)nnc1NN=Cc1ccccc1. The van der Waals surface area contributed by atoms with Crippen LogP contribution >= 0.6 is 11.6 Å². The van der Waals surface area contributed by atoms with E-state index in [1.165, 1.54) is 0 Å². The largest absolute Gasteiger partial charge is 0.382 e. The van der Waals surface area contributed by atoms with E-state index in [1.807, 2.05) is 37.3 Å². The van der Waals surface area contributed by atoms with Crippen LogP contribution in [0.4, 0.5) is 11.5 Å². The van der Waals surface area contributed by atoms with Crippen molar-refractivity contribution in [3.63, 3.8) is 0 Å². The van der Waals surface area contributed by atoms with Crippen LogP contribution in [0.15, 0.2) is 41.5 Å². The third kappa shape index (κ3) is 3.93. The summed E-state index contributed by atoms with van der Waals surface area (Å²) in [7, 11) is 0. The number of benzene rings is 1. The third-order valence-electron chi connectivity index (χ3n) is 2.31. The molecule has 19 heavy (non-hydrogen) atoms. The van der Waals surface area contributed by atoms with Gasteiger partial charge in [0.15, 0.2) is 11.0 Å². The predicted molar refractivity (Wildman–Crippen MR) is 78.9 cm³/mol. The van der Waals surface area contributed by atoms with E-state index in [1.54, 1.807) is 12.3 Å². The van der Waals surface area contributed by atoms with E-state index in [0.29, 0.717) is 11.0 Å². The van der Waals surface area contributed by atoms with Gasteiger partial charge in [0.05, 0.1) is 11.9 Å². The van der Waals surface area contributed by atoms with Crippen molar-refractivity contribution in [3.8, 4) is 0 Å². The number of anilines is 2. The lowest BCUT2D eigenvalue weighted by molar-refractivity contribution is 1.02. The van der Waals surface area contributed by atoms with Crippen LogP contribution in [-0.4, -0.2) is 23.0 Å². The van der Waals surface area contributed by atoms with Crippen molar-refractivity contribution in [2.24, 2.45) is 5.10 Å². The van der Waals surface area contributed by atoms with Gasteiger partial charge in [-0.2, -0.15) is 5.10 Å². The minimum absolute atomic E-state index is 0.341. The Balaban J connectivity index is 2.09. The van der Waals surface area contributed by atoms with Gasteiger partial charge in [0.1, 0.15) is 0 Å². The van der Waals surface area contributed by atoms with Crippen molar-refractivity contribution < 1.29 is 0 Å². The zero-order chi connectivity index (χ0) is 13.5. The Labute approximate surface area is 116 Å². The lowest BCUT2D eigenvalue weighted by Gasteiger charge is -2.07.